The molecule has 8 heteroatoms. The van der Waals surface area contributed by atoms with Crippen LogP contribution in [0, 0.1) is 31.1 Å². The topological polar surface area (TPSA) is 114 Å². The fraction of sp³-hybridized carbons (Fsp3) is 0.500. The van der Waals surface area contributed by atoms with Crippen molar-refractivity contribution in [3.05, 3.63) is 35.5 Å². The van der Waals surface area contributed by atoms with Gasteiger partial charge in [0, 0.05) is 41.7 Å². The first-order valence-electron chi connectivity index (χ1n) is 11.5. The van der Waals surface area contributed by atoms with Crippen LogP contribution in [-0.4, -0.2) is 38.3 Å². The Morgan fingerprint density at radius 3 is 2.62 bits per heavy atom. The van der Waals surface area contributed by atoms with Crippen molar-refractivity contribution in [1.29, 1.82) is 5.26 Å². The highest BCUT2D eigenvalue weighted by atomic mass is 15.2. The predicted octanol–water partition coefficient (Wildman–Crippen LogP) is 4.33. The van der Waals surface area contributed by atoms with Gasteiger partial charge in [-0.2, -0.15) is 15.3 Å². The molecule has 4 N–H and O–H groups in total. The lowest BCUT2D eigenvalue weighted by Gasteiger charge is -2.43. The Morgan fingerprint density at radius 2 is 1.91 bits per heavy atom. The summed E-state index contributed by atoms with van der Waals surface area (Å²) in [6.07, 6.45) is 6.10. The highest BCUT2D eigenvalue weighted by Gasteiger charge is 2.35. The molecule has 5 rings (SSSR count). The number of aromatic nitrogens is 4. The first-order valence-corrected chi connectivity index (χ1v) is 11.5. The summed E-state index contributed by atoms with van der Waals surface area (Å²) < 4.78 is 0. The summed E-state index contributed by atoms with van der Waals surface area (Å²) in [6, 6.07) is 11.8. The fourth-order valence-electron chi connectivity index (χ4n) is 5.29. The number of hydrogen-bond donors (Lipinski definition) is 4. The first kappa shape index (κ1) is 20.7. The van der Waals surface area contributed by atoms with Crippen molar-refractivity contribution < 1.29 is 0 Å². The van der Waals surface area contributed by atoms with E-state index in [0.29, 0.717) is 36.4 Å². The van der Waals surface area contributed by atoms with Crippen LogP contribution in [0.3, 0.4) is 0 Å². The number of aryl methyl sites for hydroxylation is 2. The van der Waals surface area contributed by atoms with Gasteiger partial charge in [0.25, 0.3) is 0 Å². The van der Waals surface area contributed by atoms with Crippen molar-refractivity contribution in [3.8, 4) is 6.07 Å². The van der Waals surface area contributed by atoms with Crippen molar-refractivity contribution in [2.75, 3.05) is 10.6 Å². The number of benzene rings is 1. The van der Waals surface area contributed by atoms with E-state index in [1.807, 2.05) is 13.0 Å². The number of piperidine rings is 2. The minimum atomic E-state index is 0.339. The summed E-state index contributed by atoms with van der Waals surface area (Å²) in [5, 5.41) is 27.9. The molecular formula is C24H30N8. The number of nitrogens with zero attached hydrogens (tertiary/aromatic N) is 4. The molecule has 1 aromatic carbocycles. The van der Waals surface area contributed by atoms with Crippen LogP contribution in [0.4, 0.5) is 17.6 Å². The number of rotatable bonds is 6. The van der Waals surface area contributed by atoms with Gasteiger partial charge in [0.05, 0.1) is 11.6 Å². The van der Waals surface area contributed by atoms with Crippen LogP contribution in [0.1, 0.15) is 49.8 Å². The number of nitriles is 1. The van der Waals surface area contributed by atoms with Crippen molar-refractivity contribution in [2.45, 2.75) is 70.5 Å². The molecule has 2 fully saturated rings. The van der Waals surface area contributed by atoms with E-state index in [2.05, 4.69) is 57.3 Å². The standard InChI is InChI=1S/C24H30N8/c1-14-5-6-20-21(8-14)28-24(30-23(20)29-22-9-15(2)31-32-22)27-19-12-17-10-16(4-3-7-25)11-18(13-19)26-17/h5-6,8-9,16-19,26H,3-4,10-13H2,1-2H3,(H3,27,28,29,30,31,32). The van der Waals surface area contributed by atoms with Crippen molar-refractivity contribution in [1.82, 2.24) is 25.5 Å². The monoisotopic (exact) mass is 430 g/mol. The lowest BCUT2D eigenvalue weighted by molar-refractivity contribution is 0.171. The summed E-state index contributed by atoms with van der Waals surface area (Å²) >= 11 is 0. The molecule has 32 heavy (non-hydrogen) atoms. The molecule has 2 saturated heterocycles. The normalized spacial score (nSPS) is 24.8. The quantitative estimate of drug-likeness (QED) is 0.460. The van der Waals surface area contributed by atoms with E-state index in [1.54, 1.807) is 0 Å². The molecular weight excluding hydrogens is 400 g/mol. The average Bonchev–Trinajstić information content (AvgIpc) is 3.16. The van der Waals surface area contributed by atoms with Crippen molar-refractivity contribution >= 4 is 28.5 Å². The van der Waals surface area contributed by atoms with Gasteiger partial charge in [-0.25, -0.2) is 4.98 Å². The lowest BCUT2D eigenvalue weighted by Crippen LogP contribution is -2.54. The van der Waals surface area contributed by atoms with E-state index in [0.717, 1.165) is 60.3 Å². The maximum atomic E-state index is 8.91. The Morgan fingerprint density at radius 1 is 1.09 bits per heavy atom. The maximum absolute atomic E-state index is 8.91. The Hall–Kier alpha value is -3.18. The Bertz CT molecular complexity index is 1130. The van der Waals surface area contributed by atoms with E-state index in [9.17, 15) is 0 Å². The number of H-pyrrole nitrogens is 1. The van der Waals surface area contributed by atoms with Gasteiger partial charge in [0.2, 0.25) is 5.95 Å². The zero-order chi connectivity index (χ0) is 22.1. The van der Waals surface area contributed by atoms with Crippen LogP contribution in [0.15, 0.2) is 24.3 Å². The van der Waals surface area contributed by atoms with Gasteiger partial charge >= 0.3 is 0 Å². The Balaban J connectivity index is 1.36. The SMILES string of the molecule is Cc1ccc2c(Nc3cc(C)[nH]n3)nc(NC3CC4CC(CCC#N)CC(C3)N4)nc2c1. The molecule has 3 aromatic rings. The third-order valence-electron chi connectivity index (χ3n) is 6.65. The smallest absolute Gasteiger partial charge is 0.225 e. The predicted molar refractivity (Wildman–Crippen MR) is 126 cm³/mol. The molecule has 0 saturated carbocycles. The van der Waals surface area contributed by atoms with Gasteiger partial charge in [0.15, 0.2) is 5.82 Å². The summed E-state index contributed by atoms with van der Waals surface area (Å²) in [5.74, 6) is 2.83. The molecule has 8 nitrogen and oxygen atoms in total. The minimum absolute atomic E-state index is 0.339. The molecule has 166 valence electrons. The number of anilines is 3. The third-order valence-corrected chi connectivity index (χ3v) is 6.65. The van der Waals surface area contributed by atoms with Crippen molar-refractivity contribution in [2.24, 2.45) is 5.92 Å². The molecule has 2 aliphatic rings. The highest BCUT2D eigenvalue weighted by molar-refractivity contribution is 5.91. The van der Waals surface area contributed by atoms with Crippen LogP contribution in [0.5, 0.6) is 0 Å². The largest absolute Gasteiger partial charge is 0.351 e. The van der Waals surface area contributed by atoms with Gasteiger partial charge in [0.1, 0.15) is 5.82 Å². The zero-order valence-corrected chi connectivity index (χ0v) is 18.7. The second kappa shape index (κ2) is 8.75. The Labute approximate surface area is 188 Å². The number of nitrogens with one attached hydrogen (secondary N) is 4. The van der Waals surface area contributed by atoms with Gasteiger partial charge in [-0.15, -0.1) is 0 Å². The van der Waals surface area contributed by atoms with E-state index in [1.165, 1.54) is 5.56 Å². The van der Waals surface area contributed by atoms with Crippen LogP contribution in [0.2, 0.25) is 0 Å². The summed E-state index contributed by atoms with van der Waals surface area (Å²) in [4.78, 5) is 9.68. The average molecular weight is 431 g/mol. The van der Waals surface area contributed by atoms with Crippen LogP contribution in [0.25, 0.3) is 10.9 Å². The van der Waals surface area contributed by atoms with Crippen LogP contribution in [-0.2, 0) is 0 Å². The molecule has 2 aliphatic heterocycles. The second-order valence-electron chi connectivity index (χ2n) is 9.39. The van der Waals surface area contributed by atoms with Gasteiger partial charge in [-0.3, -0.25) is 5.10 Å². The number of hydrogen-bond acceptors (Lipinski definition) is 7. The van der Waals surface area contributed by atoms with E-state index < -0.39 is 0 Å². The summed E-state index contributed by atoms with van der Waals surface area (Å²) in [6.45, 7) is 4.06. The van der Waals surface area contributed by atoms with Gasteiger partial charge in [-0.05, 0) is 69.6 Å². The van der Waals surface area contributed by atoms with Gasteiger partial charge in [-0.1, -0.05) is 6.07 Å². The molecule has 2 bridgehead atoms. The van der Waals surface area contributed by atoms with Crippen LogP contribution < -0.4 is 16.0 Å². The second-order valence-corrected chi connectivity index (χ2v) is 9.39. The molecule has 0 amide bonds. The molecule has 0 radical (unpaired) electrons. The highest BCUT2D eigenvalue weighted by Crippen LogP contribution is 2.34. The summed E-state index contributed by atoms with van der Waals surface area (Å²) in [7, 11) is 0. The molecule has 0 aliphatic carbocycles. The fourth-order valence-corrected chi connectivity index (χ4v) is 5.29. The molecule has 0 spiro atoms. The maximum Gasteiger partial charge on any atom is 0.225 e. The zero-order valence-electron chi connectivity index (χ0n) is 18.7. The first-order chi connectivity index (χ1) is 15.6. The summed E-state index contributed by atoms with van der Waals surface area (Å²) in [5.41, 5.74) is 3.08. The van der Waals surface area contributed by atoms with E-state index in [4.69, 9.17) is 15.2 Å². The minimum Gasteiger partial charge on any atom is -0.351 e. The molecule has 2 aromatic heterocycles. The number of aromatic amines is 1. The van der Waals surface area contributed by atoms with Crippen molar-refractivity contribution in [3.63, 3.8) is 0 Å². The third kappa shape index (κ3) is 4.53. The number of fused-ring (bicyclic) bond motifs is 3. The lowest BCUT2D eigenvalue weighted by atomic mass is 9.77. The molecule has 2 atom stereocenters. The molecule has 4 heterocycles. The van der Waals surface area contributed by atoms with E-state index >= 15 is 0 Å². The van der Waals surface area contributed by atoms with Crippen LogP contribution >= 0.6 is 0 Å². The Kier molecular flexibility index (Phi) is 5.66. The van der Waals surface area contributed by atoms with Gasteiger partial charge < -0.3 is 16.0 Å². The van der Waals surface area contributed by atoms with E-state index in [-0.39, 0.29) is 0 Å². The molecule has 2 unspecified atom stereocenters.